The number of nitrogens with zero attached hydrogens (tertiary/aromatic N) is 2. The Morgan fingerprint density at radius 3 is 2.47 bits per heavy atom. The summed E-state index contributed by atoms with van der Waals surface area (Å²) < 4.78 is 15.3. The van der Waals surface area contributed by atoms with Crippen molar-refractivity contribution in [2.75, 3.05) is 12.4 Å². The Morgan fingerprint density at radius 2 is 1.79 bits per heavy atom. The molecule has 3 aromatic carbocycles. The van der Waals surface area contributed by atoms with E-state index >= 15 is 0 Å². The second-order valence-electron chi connectivity index (χ2n) is 9.81. The molecule has 0 bridgehead atoms. The molecule has 5 rings (SSSR count). The van der Waals surface area contributed by atoms with E-state index in [4.69, 9.17) is 4.98 Å². The molecule has 0 saturated carbocycles. The lowest BCUT2D eigenvalue weighted by Crippen LogP contribution is -2.39. The predicted molar refractivity (Wildman–Crippen MR) is 151 cm³/mol. The molecule has 0 aliphatic heterocycles. The summed E-state index contributed by atoms with van der Waals surface area (Å²) >= 11 is 1.46. The number of hydrogen-bond donors (Lipinski definition) is 3. The van der Waals surface area contributed by atoms with Gasteiger partial charge in [0.15, 0.2) is 4.96 Å². The third-order valence-corrected chi connectivity index (χ3v) is 7.91. The van der Waals surface area contributed by atoms with Crippen LogP contribution in [0.2, 0.25) is 0 Å². The molecular weight excluding hydrogens is 499 g/mol. The van der Waals surface area contributed by atoms with Crippen LogP contribution in [0.4, 0.5) is 10.1 Å². The number of aryl methyl sites for hydroxylation is 1. The van der Waals surface area contributed by atoms with Gasteiger partial charge < -0.3 is 15.7 Å². The summed E-state index contributed by atoms with van der Waals surface area (Å²) in [6, 6.07) is 21.8. The summed E-state index contributed by atoms with van der Waals surface area (Å²) in [5.74, 6) is -0.626. The van der Waals surface area contributed by atoms with Crippen molar-refractivity contribution >= 4 is 27.9 Å². The number of benzene rings is 3. The molecule has 1 atom stereocenters. The molecule has 0 spiro atoms. The number of aliphatic hydroxyl groups excluding tert-OH is 1. The van der Waals surface area contributed by atoms with Crippen LogP contribution in [0.15, 0.2) is 79.0 Å². The fourth-order valence-electron chi connectivity index (χ4n) is 4.46. The first-order valence-corrected chi connectivity index (χ1v) is 13.1. The van der Waals surface area contributed by atoms with Crippen LogP contribution in [0.25, 0.3) is 26.7 Å². The van der Waals surface area contributed by atoms with Crippen LogP contribution in [0.5, 0.6) is 0 Å². The highest BCUT2D eigenvalue weighted by atomic mass is 32.1. The zero-order valence-corrected chi connectivity index (χ0v) is 22.4. The molecule has 0 fully saturated rings. The Labute approximate surface area is 224 Å². The average Bonchev–Trinajstić information content (AvgIpc) is 3.48. The standard InChI is InChI=1S/C30H29FN4O2S/c1-18-10-15-22(33-28(37)30(2,3)20-8-6-5-7-9-20)16-23(18)24-17-35-26(27(36)32-4)25(34-29(35)38-24)19-11-13-21(31)14-12-19/h5-17,28,33,37H,1-4H3,(H,32,36). The maximum absolute atomic E-state index is 13.5. The first kappa shape index (κ1) is 25.6. The van der Waals surface area contributed by atoms with E-state index in [1.165, 1.54) is 23.5 Å². The van der Waals surface area contributed by atoms with Gasteiger partial charge in [-0.3, -0.25) is 9.20 Å². The molecule has 0 aliphatic rings. The molecule has 1 unspecified atom stereocenters. The van der Waals surface area contributed by atoms with Gasteiger partial charge in [0.1, 0.15) is 23.4 Å². The highest BCUT2D eigenvalue weighted by Gasteiger charge is 2.30. The van der Waals surface area contributed by atoms with E-state index < -0.39 is 11.6 Å². The number of aromatic nitrogens is 2. The number of carbonyl (C=O) groups is 1. The van der Waals surface area contributed by atoms with Crippen molar-refractivity contribution in [3.63, 3.8) is 0 Å². The van der Waals surface area contributed by atoms with Crippen LogP contribution in [0.3, 0.4) is 0 Å². The second kappa shape index (κ2) is 10.0. The number of rotatable bonds is 7. The lowest BCUT2D eigenvalue weighted by atomic mass is 9.82. The molecule has 8 heteroatoms. The second-order valence-corrected chi connectivity index (χ2v) is 10.8. The van der Waals surface area contributed by atoms with E-state index in [9.17, 15) is 14.3 Å². The zero-order chi connectivity index (χ0) is 27.0. The van der Waals surface area contributed by atoms with E-state index in [0.29, 0.717) is 21.9 Å². The van der Waals surface area contributed by atoms with Crippen molar-refractivity contribution in [3.05, 3.63) is 102 Å². The Balaban J connectivity index is 1.51. The third-order valence-electron chi connectivity index (χ3n) is 6.89. The van der Waals surface area contributed by atoms with Crippen molar-refractivity contribution in [2.45, 2.75) is 32.4 Å². The van der Waals surface area contributed by atoms with Crippen molar-refractivity contribution in [1.82, 2.24) is 14.7 Å². The monoisotopic (exact) mass is 528 g/mol. The van der Waals surface area contributed by atoms with Gasteiger partial charge in [-0.1, -0.05) is 61.6 Å². The van der Waals surface area contributed by atoms with Gasteiger partial charge in [-0.05, 0) is 60.0 Å². The molecule has 2 heterocycles. The summed E-state index contributed by atoms with van der Waals surface area (Å²) in [6.07, 6.45) is 1.08. The minimum atomic E-state index is -0.820. The molecule has 1 amide bonds. The normalized spacial score (nSPS) is 12.5. The number of nitrogens with one attached hydrogen (secondary N) is 2. The Morgan fingerprint density at radius 1 is 1.08 bits per heavy atom. The number of aliphatic hydroxyl groups is 1. The van der Waals surface area contributed by atoms with Gasteiger partial charge in [0.05, 0.1) is 4.88 Å². The summed E-state index contributed by atoms with van der Waals surface area (Å²) in [5, 5.41) is 17.0. The lowest BCUT2D eigenvalue weighted by Gasteiger charge is -2.32. The fourth-order valence-corrected chi connectivity index (χ4v) is 5.52. The molecule has 2 aromatic heterocycles. The van der Waals surface area contributed by atoms with Crippen molar-refractivity contribution < 1.29 is 14.3 Å². The number of thiazole rings is 1. The minimum absolute atomic E-state index is 0.278. The molecule has 0 saturated heterocycles. The van der Waals surface area contributed by atoms with Crippen LogP contribution in [0, 0.1) is 12.7 Å². The van der Waals surface area contributed by atoms with E-state index in [2.05, 4.69) is 10.6 Å². The smallest absolute Gasteiger partial charge is 0.270 e. The van der Waals surface area contributed by atoms with Crippen LogP contribution in [-0.2, 0) is 5.41 Å². The quantitative estimate of drug-likeness (QED) is 0.218. The molecule has 0 radical (unpaired) electrons. The number of anilines is 1. The van der Waals surface area contributed by atoms with E-state index in [0.717, 1.165) is 27.3 Å². The summed E-state index contributed by atoms with van der Waals surface area (Å²) in [7, 11) is 1.57. The van der Waals surface area contributed by atoms with Gasteiger partial charge in [0, 0.05) is 29.9 Å². The van der Waals surface area contributed by atoms with Crippen LogP contribution in [0.1, 0.15) is 35.5 Å². The number of carbonyl (C=O) groups excluding carboxylic acids is 1. The van der Waals surface area contributed by atoms with Crippen LogP contribution < -0.4 is 10.6 Å². The van der Waals surface area contributed by atoms with Gasteiger partial charge in [0.2, 0.25) is 0 Å². The van der Waals surface area contributed by atoms with Gasteiger partial charge in [-0.2, -0.15) is 0 Å². The Hall–Kier alpha value is -4.01. The first-order chi connectivity index (χ1) is 18.2. The zero-order valence-electron chi connectivity index (χ0n) is 21.6. The number of halogens is 1. The van der Waals surface area contributed by atoms with E-state index in [-0.39, 0.29) is 11.7 Å². The largest absolute Gasteiger partial charge is 0.373 e. The number of imidazole rings is 1. The SMILES string of the molecule is CNC(=O)c1c(-c2ccc(F)cc2)nc2sc(-c3cc(NC(O)C(C)(C)c4ccccc4)ccc3C)cn12. The van der Waals surface area contributed by atoms with Crippen LogP contribution >= 0.6 is 11.3 Å². The maximum Gasteiger partial charge on any atom is 0.270 e. The summed E-state index contributed by atoms with van der Waals surface area (Å²) in [6.45, 7) is 6.03. The maximum atomic E-state index is 13.5. The summed E-state index contributed by atoms with van der Waals surface area (Å²) in [4.78, 5) is 19.2. The highest BCUT2D eigenvalue weighted by Crippen LogP contribution is 2.36. The highest BCUT2D eigenvalue weighted by molar-refractivity contribution is 7.20. The van der Waals surface area contributed by atoms with Gasteiger partial charge in [0.25, 0.3) is 5.91 Å². The molecule has 194 valence electrons. The van der Waals surface area contributed by atoms with E-state index in [1.807, 2.05) is 75.5 Å². The Kier molecular flexibility index (Phi) is 6.77. The summed E-state index contributed by atoms with van der Waals surface area (Å²) in [5.41, 5.74) is 4.88. The van der Waals surface area contributed by atoms with Crippen molar-refractivity contribution in [1.29, 1.82) is 0 Å². The molecular formula is C30H29FN4O2S. The van der Waals surface area contributed by atoms with Crippen LogP contribution in [-0.4, -0.2) is 33.7 Å². The van der Waals surface area contributed by atoms with Gasteiger partial charge in [-0.25, -0.2) is 9.37 Å². The molecule has 5 aromatic rings. The van der Waals surface area contributed by atoms with Gasteiger partial charge >= 0.3 is 0 Å². The molecule has 6 nitrogen and oxygen atoms in total. The predicted octanol–water partition coefficient (Wildman–Crippen LogP) is 6.25. The van der Waals surface area contributed by atoms with Gasteiger partial charge in [-0.15, -0.1) is 0 Å². The molecule has 38 heavy (non-hydrogen) atoms. The number of hydrogen-bond acceptors (Lipinski definition) is 5. The number of amides is 1. The third kappa shape index (κ3) is 4.68. The lowest BCUT2D eigenvalue weighted by molar-refractivity contribution is 0.0958. The topological polar surface area (TPSA) is 78.7 Å². The number of fused-ring (bicyclic) bond motifs is 1. The van der Waals surface area contributed by atoms with Crippen molar-refractivity contribution in [3.8, 4) is 21.7 Å². The minimum Gasteiger partial charge on any atom is -0.373 e. The molecule has 0 aliphatic carbocycles. The van der Waals surface area contributed by atoms with Crippen molar-refractivity contribution in [2.24, 2.45) is 0 Å². The average molecular weight is 529 g/mol. The van der Waals surface area contributed by atoms with E-state index in [1.54, 1.807) is 23.6 Å². The molecule has 3 N–H and O–H groups in total. The first-order valence-electron chi connectivity index (χ1n) is 12.3. The Bertz CT molecular complexity index is 1610. The fraction of sp³-hybridized carbons (Fsp3) is 0.200.